The van der Waals surface area contributed by atoms with Gasteiger partial charge in [0, 0.05) is 18.8 Å². The zero-order valence-electron chi connectivity index (χ0n) is 11.9. The molecule has 1 heterocycles. The second-order valence-corrected chi connectivity index (χ2v) is 5.40. The fraction of sp³-hybridized carbons (Fsp3) is 0.533. The quantitative estimate of drug-likeness (QED) is 0.540. The molecule has 0 aliphatic rings. The van der Waals surface area contributed by atoms with Gasteiger partial charge in [0.25, 0.3) is 0 Å². The summed E-state index contributed by atoms with van der Waals surface area (Å²) < 4.78 is 40.3. The minimum atomic E-state index is -4.34. The fourth-order valence-corrected chi connectivity index (χ4v) is 2.57. The summed E-state index contributed by atoms with van der Waals surface area (Å²) in [7, 11) is 0. The summed E-state index contributed by atoms with van der Waals surface area (Å²) in [6, 6.07) is 3.74. The highest BCUT2D eigenvalue weighted by molar-refractivity contribution is 6.17. The molecular weight excluding hydrogens is 301 g/mol. The molecule has 0 saturated heterocycles. The van der Waals surface area contributed by atoms with Gasteiger partial charge in [-0.05, 0) is 24.6 Å². The van der Waals surface area contributed by atoms with E-state index in [1.807, 2.05) is 4.57 Å². The highest BCUT2D eigenvalue weighted by atomic mass is 35.5. The van der Waals surface area contributed by atoms with Crippen LogP contribution in [-0.4, -0.2) is 15.4 Å². The van der Waals surface area contributed by atoms with E-state index in [0.717, 1.165) is 49.3 Å². The third kappa shape index (κ3) is 3.70. The van der Waals surface area contributed by atoms with Gasteiger partial charge in [-0.25, -0.2) is 4.98 Å². The van der Waals surface area contributed by atoms with E-state index < -0.39 is 11.7 Å². The molecule has 1 aromatic heterocycles. The van der Waals surface area contributed by atoms with Crippen molar-refractivity contribution in [3.63, 3.8) is 0 Å². The summed E-state index contributed by atoms with van der Waals surface area (Å²) in [6.07, 6.45) is -0.620. The summed E-state index contributed by atoms with van der Waals surface area (Å²) in [6.45, 7) is 2.88. The van der Waals surface area contributed by atoms with Gasteiger partial charge in [0.2, 0.25) is 0 Å². The van der Waals surface area contributed by atoms with Crippen molar-refractivity contribution in [2.24, 2.45) is 0 Å². The minimum absolute atomic E-state index is 0.390. The molecule has 0 radical (unpaired) electrons. The van der Waals surface area contributed by atoms with Crippen LogP contribution in [0.1, 0.15) is 37.6 Å². The number of halogens is 4. The van der Waals surface area contributed by atoms with E-state index in [0.29, 0.717) is 17.8 Å². The van der Waals surface area contributed by atoms with Crippen LogP contribution in [0.5, 0.6) is 0 Å². The minimum Gasteiger partial charge on any atom is -0.328 e. The van der Waals surface area contributed by atoms with Gasteiger partial charge >= 0.3 is 6.18 Å². The standard InChI is InChI=1S/C15H18ClF3N2/c1-2-3-4-9-21-13-6-5-11(15(17,18)19)10-12(13)20-14(21)7-8-16/h5-6,10H,2-4,7-9H2,1H3. The Morgan fingerprint density at radius 3 is 2.62 bits per heavy atom. The number of hydrogen-bond acceptors (Lipinski definition) is 1. The molecule has 116 valence electrons. The first-order valence-electron chi connectivity index (χ1n) is 7.09. The summed E-state index contributed by atoms with van der Waals surface area (Å²) in [4.78, 5) is 4.33. The summed E-state index contributed by atoms with van der Waals surface area (Å²) in [5, 5.41) is 0. The molecule has 0 spiro atoms. The van der Waals surface area contributed by atoms with E-state index in [4.69, 9.17) is 11.6 Å². The van der Waals surface area contributed by atoms with Gasteiger partial charge in [0.1, 0.15) is 5.82 Å². The third-order valence-corrected chi connectivity index (χ3v) is 3.65. The molecule has 0 saturated carbocycles. The molecule has 2 aromatic rings. The van der Waals surface area contributed by atoms with Gasteiger partial charge in [-0.1, -0.05) is 19.8 Å². The van der Waals surface area contributed by atoms with E-state index in [-0.39, 0.29) is 0 Å². The molecule has 0 fully saturated rings. The molecule has 0 aliphatic carbocycles. The Balaban J connectivity index is 2.41. The number of imidazole rings is 1. The molecule has 0 unspecified atom stereocenters. The zero-order chi connectivity index (χ0) is 15.5. The lowest BCUT2D eigenvalue weighted by molar-refractivity contribution is -0.137. The molecule has 0 aliphatic heterocycles. The van der Waals surface area contributed by atoms with Crippen molar-refractivity contribution >= 4 is 22.6 Å². The first-order valence-corrected chi connectivity index (χ1v) is 7.63. The van der Waals surface area contributed by atoms with Crippen molar-refractivity contribution in [1.82, 2.24) is 9.55 Å². The molecule has 0 bridgehead atoms. The third-order valence-electron chi connectivity index (χ3n) is 3.46. The maximum absolute atomic E-state index is 12.8. The molecule has 21 heavy (non-hydrogen) atoms. The van der Waals surface area contributed by atoms with Crippen LogP contribution >= 0.6 is 11.6 Å². The first-order chi connectivity index (χ1) is 9.97. The van der Waals surface area contributed by atoms with Crippen molar-refractivity contribution < 1.29 is 13.2 Å². The van der Waals surface area contributed by atoms with Gasteiger partial charge in [-0.3, -0.25) is 0 Å². The Morgan fingerprint density at radius 2 is 2.00 bits per heavy atom. The van der Waals surface area contributed by atoms with Crippen molar-refractivity contribution in [1.29, 1.82) is 0 Å². The second kappa shape index (κ2) is 6.69. The van der Waals surface area contributed by atoms with E-state index in [2.05, 4.69) is 11.9 Å². The summed E-state index contributed by atoms with van der Waals surface area (Å²) in [5.74, 6) is 1.17. The molecule has 2 nitrogen and oxygen atoms in total. The highest BCUT2D eigenvalue weighted by Gasteiger charge is 2.31. The normalized spacial score (nSPS) is 12.2. The number of hydrogen-bond donors (Lipinski definition) is 0. The van der Waals surface area contributed by atoms with Crippen LogP contribution in [0.3, 0.4) is 0 Å². The lowest BCUT2D eigenvalue weighted by atomic mass is 10.2. The van der Waals surface area contributed by atoms with Gasteiger partial charge in [0.05, 0.1) is 16.6 Å². The number of alkyl halides is 4. The molecule has 0 N–H and O–H groups in total. The molecule has 2 rings (SSSR count). The van der Waals surface area contributed by atoms with Crippen molar-refractivity contribution in [3.05, 3.63) is 29.6 Å². The second-order valence-electron chi connectivity index (χ2n) is 5.03. The van der Waals surface area contributed by atoms with Crippen LogP contribution in [0, 0.1) is 0 Å². The van der Waals surface area contributed by atoms with Crippen LogP contribution in [0.2, 0.25) is 0 Å². The van der Waals surface area contributed by atoms with Gasteiger partial charge in [-0.15, -0.1) is 11.6 Å². The Kier molecular flexibility index (Phi) is 5.14. The Hall–Kier alpha value is -1.23. The summed E-state index contributed by atoms with van der Waals surface area (Å²) in [5.41, 5.74) is 0.478. The lowest BCUT2D eigenvalue weighted by Gasteiger charge is -2.09. The Morgan fingerprint density at radius 1 is 1.24 bits per heavy atom. The lowest BCUT2D eigenvalue weighted by Crippen LogP contribution is -2.06. The van der Waals surface area contributed by atoms with Crippen molar-refractivity contribution in [3.8, 4) is 0 Å². The topological polar surface area (TPSA) is 17.8 Å². The molecule has 1 aromatic carbocycles. The SMILES string of the molecule is CCCCCn1c(CCCl)nc2cc(C(F)(F)F)ccc21. The number of fused-ring (bicyclic) bond motifs is 1. The molecule has 0 amide bonds. The Labute approximate surface area is 126 Å². The van der Waals surface area contributed by atoms with Gasteiger partial charge in [-0.2, -0.15) is 13.2 Å². The largest absolute Gasteiger partial charge is 0.416 e. The van der Waals surface area contributed by atoms with E-state index in [1.54, 1.807) is 0 Å². The Bertz CT molecular complexity index is 605. The number of benzene rings is 1. The fourth-order valence-electron chi connectivity index (χ4n) is 2.40. The van der Waals surface area contributed by atoms with Crippen molar-refractivity contribution in [2.45, 2.75) is 45.3 Å². The van der Waals surface area contributed by atoms with Crippen LogP contribution in [0.15, 0.2) is 18.2 Å². The van der Waals surface area contributed by atoms with Gasteiger partial charge in [0.15, 0.2) is 0 Å². The molecule has 6 heteroatoms. The number of aryl methyl sites for hydroxylation is 2. The predicted molar refractivity (Wildman–Crippen MR) is 78.7 cm³/mol. The van der Waals surface area contributed by atoms with Crippen LogP contribution in [0.25, 0.3) is 11.0 Å². The average Bonchev–Trinajstić information content (AvgIpc) is 2.76. The number of aromatic nitrogens is 2. The molecule has 0 atom stereocenters. The maximum atomic E-state index is 12.8. The number of rotatable bonds is 6. The summed E-state index contributed by atoms with van der Waals surface area (Å²) >= 11 is 5.77. The smallest absolute Gasteiger partial charge is 0.328 e. The van der Waals surface area contributed by atoms with Crippen LogP contribution in [0.4, 0.5) is 13.2 Å². The van der Waals surface area contributed by atoms with E-state index in [1.165, 1.54) is 6.07 Å². The number of nitrogens with zero attached hydrogens (tertiary/aromatic N) is 2. The van der Waals surface area contributed by atoms with Crippen LogP contribution in [-0.2, 0) is 19.1 Å². The van der Waals surface area contributed by atoms with E-state index in [9.17, 15) is 13.2 Å². The van der Waals surface area contributed by atoms with Crippen molar-refractivity contribution in [2.75, 3.05) is 5.88 Å². The number of unbranched alkanes of at least 4 members (excludes halogenated alkanes) is 2. The predicted octanol–water partition coefficient (Wildman–Crippen LogP) is 5.03. The maximum Gasteiger partial charge on any atom is 0.416 e. The van der Waals surface area contributed by atoms with Crippen LogP contribution < -0.4 is 0 Å². The average molecular weight is 319 g/mol. The monoisotopic (exact) mass is 318 g/mol. The first kappa shape index (κ1) is 16.1. The van der Waals surface area contributed by atoms with E-state index >= 15 is 0 Å². The zero-order valence-corrected chi connectivity index (χ0v) is 12.6. The highest BCUT2D eigenvalue weighted by Crippen LogP contribution is 2.31. The molecular formula is C15H18ClF3N2. The van der Waals surface area contributed by atoms with Gasteiger partial charge < -0.3 is 4.57 Å².